The van der Waals surface area contributed by atoms with Gasteiger partial charge in [0.2, 0.25) is 0 Å². The van der Waals surface area contributed by atoms with Gasteiger partial charge in [-0.05, 0) is 28.1 Å². The number of fused-ring (bicyclic) bond motifs is 1. The first-order chi connectivity index (χ1) is 10.1. The van der Waals surface area contributed by atoms with Gasteiger partial charge in [-0.2, -0.15) is 0 Å². The van der Waals surface area contributed by atoms with Gasteiger partial charge >= 0.3 is 5.97 Å². The van der Waals surface area contributed by atoms with Crippen LogP contribution < -0.4 is 0 Å². The van der Waals surface area contributed by atoms with Crippen molar-refractivity contribution in [3.8, 4) is 5.69 Å². The topological polar surface area (TPSA) is 68.0 Å². The van der Waals surface area contributed by atoms with Gasteiger partial charge in [-0.3, -0.25) is 14.3 Å². The molecule has 1 aromatic carbocycles. The molecule has 3 aromatic rings. The number of carboxylic acids is 1. The van der Waals surface area contributed by atoms with E-state index in [9.17, 15) is 4.79 Å². The minimum Gasteiger partial charge on any atom is -0.481 e. The summed E-state index contributed by atoms with van der Waals surface area (Å²) >= 11 is 4.59. The number of aliphatic carboxylic acids is 1. The van der Waals surface area contributed by atoms with Crippen molar-refractivity contribution in [2.24, 2.45) is 0 Å². The molecular weight excluding hydrogens is 354 g/mol. The minimum atomic E-state index is -0.866. The van der Waals surface area contributed by atoms with Crippen LogP contribution >= 0.6 is 27.7 Å². The third kappa shape index (κ3) is 2.93. The lowest BCUT2D eigenvalue weighted by molar-refractivity contribution is -0.133. The van der Waals surface area contributed by atoms with E-state index in [4.69, 9.17) is 5.11 Å². The van der Waals surface area contributed by atoms with Gasteiger partial charge in [0.25, 0.3) is 0 Å². The van der Waals surface area contributed by atoms with E-state index in [1.807, 2.05) is 35.0 Å². The highest BCUT2D eigenvalue weighted by molar-refractivity contribution is 9.10. The zero-order chi connectivity index (χ0) is 14.8. The van der Waals surface area contributed by atoms with Crippen molar-refractivity contribution in [3.63, 3.8) is 0 Å². The Bertz CT molecular complexity index is 819. The summed E-state index contributed by atoms with van der Waals surface area (Å²) < 4.78 is 2.77. The van der Waals surface area contributed by atoms with E-state index >= 15 is 0 Å². The molecule has 3 rings (SSSR count). The number of nitrogens with zero attached hydrogens (tertiary/aromatic N) is 3. The molecule has 21 heavy (non-hydrogen) atoms. The van der Waals surface area contributed by atoms with Crippen molar-refractivity contribution in [3.05, 3.63) is 47.3 Å². The van der Waals surface area contributed by atoms with Crippen molar-refractivity contribution >= 4 is 44.6 Å². The second-order valence-electron chi connectivity index (χ2n) is 4.26. The number of hydrogen-bond acceptors (Lipinski definition) is 4. The van der Waals surface area contributed by atoms with Gasteiger partial charge in [0.05, 0.1) is 17.0 Å². The van der Waals surface area contributed by atoms with E-state index in [0.29, 0.717) is 5.16 Å². The lowest BCUT2D eigenvalue weighted by Crippen LogP contribution is -2.02. The van der Waals surface area contributed by atoms with E-state index in [2.05, 4.69) is 25.9 Å². The normalized spacial score (nSPS) is 10.9. The Morgan fingerprint density at radius 3 is 3.05 bits per heavy atom. The molecule has 0 amide bonds. The molecule has 0 saturated carbocycles. The predicted octanol–water partition coefficient (Wildman–Crippen LogP) is 3.36. The van der Waals surface area contributed by atoms with Crippen molar-refractivity contribution in [1.29, 1.82) is 0 Å². The van der Waals surface area contributed by atoms with E-state index in [0.717, 1.165) is 21.1 Å². The van der Waals surface area contributed by atoms with Gasteiger partial charge < -0.3 is 5.11 Å². The molecule has 0 atom stereocenters. The van der Waals surface area contributed by atoms with Crippen LogP contribution in [0.4, 0.5) is 0 Å². The molecule has 106 valence electrons. The Balaban J connectivity index is 2.09. The summed E-state index contributed by atoms with van der Waals surface area (Å²) in [6.07, 6.45) is 5.21. The van der Waals surface area contributed by atoms with Crippen LogP contribution in [0.15, 0.2) is 52.5 Å². The van der Waals surface area contributed by atoms with Crippen molar-refractivity contribution in [2.75, 3.05) is 5.75 Å². The molecule has 1 N–H and O–H groups in total. The number of hydrogen-bond donors (Lipinski definition) is 1. The molecule has 0 aliphatic carbocycles. The fourth-order valence-corrected chi connectivity index (χ4v) is 3.05. The van der Waals surface area contributed by atoms with Gasteiger partial charge in [0.1, 0.15) is 0 Å². The molecule has 0 unspecified atom stereocenters. The number of halogens is 1. The Morgan fingerprint density at radius 2 is 2.24 bits per heavy atom. The monoisotopic (exact) mass is 363 g/mol. The largest absolute Gasteiger partial charge is 0.481 e. The average Bonchev–Trinajstić information content (AvgIpc) is 2.92. The SMILES string of the molecule is O=C(O)CSc1nccn1-c1cccc2cc(Br)cnc12. The molecule has 0 radical (unpaired) electrons. The Kier molecular flexibility index (Phi) is 3.94. The quantitative estimate of drug-likeness (QED) is 0.719. The van der Waals surface area contributed by atoms with Gasteiger partial charge in [-0.25, -0.2) is 4.98 Å². The van der Waals surface area contributed by atoms with Crippen LogP contribution in [-0.2, 0) is 4.79 Å². The first-order valence-corrected chi connectivity index (χ1v) is 7.85. The summed E-state index contributed by atoms with van der Waals surface area (Å²) in [7, 11) is 0. The second kappa shape index (κ2) is 5.87. The van der Waals surface area contributed by atoms with Crippen LogP contribution in [0.3, 0.4) is 0 Å². The van der Waals surface area contributed by atoms with Crippen LogP contribution in [0.5, 0.6) is 0 Å². The average molecular weight is 364 g/mol. The zero-order valence-electron chi connectivity index (χ0n) is 10.7. The predicted molar refractivity (Wildman–Crippen MR) is 84.9 cm³/mol. The Hall–Kier alpha value is -1.86. The number of rotatable bonds is 4. The molecule has 0 aliphatic heterocycles. The van der Waals surface area contributed by atoms with E-state index in [-0.39, 0.29) is 5.75 Å². The van der Waals surface area contributed by atoms with Crippen LogP contribution in [0.2, 0.25) is 0 Å². The third-order valence-electron chi connectivity index (χ3n) is 2.85. The summed E-state index contributed by atoms with van der Waals surface area (Å²) in [4.78, 5) is 19.4. The molecule has 0 saturated heterocycles. The summed E-state index contributed by atoms with van der Waals surface area (Å²) in [5.74, 6) is -0.893. The maximum absolute atomic E-state index is 10.7. The van der Waals surface area contributed by atoms with Crippen molar-refractivity contribution in [2.45, 2.75) is 5.16 Å². The van der Waals surface area contributed by atoms with Gasteiger partial charge in [0, 0.05) is 28.4 Å². The van der Waals surface area contributed by atoms with E-state index in [1.165, 1.54) is 11.8 Å². The second-order valence-corrected chi connectivity index (χ2v) is 6.12. The smallest absolute Gasteiger partial charge is 0.313 e. The lowest BCUT2D eigenvalue weighted by atomic mass is 10.2. The maximum atomic E-state index is 10.7. The number of para-hydroxylation sites is 1. The first kappa shape index (κ1) is 14.1. The molecule has 5 nitrogen and oxygen atoms in total. The summed E-state index contributed by atoms with van der Waals surface area (Å²) in [5.41, 5.74) is 1.72. The fraction of sp³-hybridized carbons (Fsp3) is 0.0714. The molecular formula is C14H10BrN3O2S. The molecule has 0 bridgehead atoms. The third-order valence-corrected chi connectivity index (χ3v) is 4.23. The summed E-state index contributed by atoms with van der Waals surface area (Å²) in [6.45, 7) is 0. The fourth-order valence-electron chi connectivity index (χ4n) is 2.02. The molecule has 0 fully saturated rings. The molecule has 0 spiro atoms. The van der Waals surface area contributed by atoms with Crippen LogP contribution in [0.1, 0.15) is 0 Å². The Morgan fingerprint density at radius 1 is 1.38 bits per heavy atom. The molecule has 2 heterocycles. The number of aromatic nitrogens is 3. The van der Waals surface area contributed by atoms with Gasteiger partial charge in [-0.1, -0.05) is 23.9 Å². The number of benzene rings is 1. The zero-order valence-corrected chi connectivity index (χ0v) is 13.1. The minimum absolute atomic E-state index is 0.0270. The number of thioether (sulfide) groups is 1. The highest BCUT2D eigenvalue weighted by Gasteiger charge is 2.11. The number of carboxylic acid groups (broad SMARTS) is 1. The summed E-state index contributed by atoms with van der Waals surface area (Å²) in [5, 5.41) is 10.4. The first-order valence-electron chi connectivity index (χ1n) is 6.08. The highest BCUT2D eigenvalue weighted by Crippen LogP contribution is 2.26. The maximum Gasteiger partial charge on any atom is 0.313 e. The van der Waals surface area contributed by atoms with Crippen molar-refractivity contribution < 1.29 is 9.90 Å². The standard InChI is InChI=1S/C14H10BrN3O2S/c15-10-6-9-2-1-3-11(13(9)17-7-10)18-5-4-16-14(18)21-8-12(19)20/h1-7H,8H2,(H,19,20). The number of pyridine rings is 1. The Labute approximate surface area is 133 Å². The lowest BCUT2D eigenvalue weighted by Gasteiger charge is -2.09. The van der Waals surface area contributed by atoms with Crippen LogP contribution in [-0.4, -0.2) is 31.4 Å². The highest BCUT2D eigenvalue weighted by atomic mass is 79.9. The van der Waals surface area contributed by atoms with Gasteiger partial charge in [0.15, 0.2) is 5.16 Å². The number of imidazole rings is 1. The van der Waals surface area contributed by atoms with Crippen LogP contribution in [0.25, 0.3) is 16.6 Å². The molecule has 7 heteroatoms. The van der Waals surface area contributed by atoms with Crippen LogP contribution in [0, 0.1) is 0 Å². The van der Waals surface area contributed by atoms with Crippen molar-refractivity contribution in [1.82, 2.24) is 14.5 Å². The van der Waals surface area contributed by atoms with E-state index in [1.54, 1.807) is 12.4 Å². The molecule has 2 aromatic heterocycles. The number of carbonyl (C=O) groups is 1. The van der Waals surface area contributed by atoms with E-state index < -0.39 is 5.97 Å². The summed E-state index contributed by atoms with van der Waals surface area (Å²) in [6, 6.07) is 7.86. The van der Waals surface area contributed by atoms with Gasteiger partial charge in [-0.15, -0.1) is 0 Å². The molecule has 0 aliphatic rings.